The van der Waals surface area contributed by atoms with Gasteiger partial charge >= 0.3 is 0 Å². The summed E-state index contributed by atoms with van der Waals surface area (Å²) < 4.78 is 14.0. The quantitative estimate of drug-likeness (QED) is 0.743. The van der Waals surface area contributed by atoms with Crippen LogP contribution in [0.25, 0.3) is 0 Å². The molecule has 0 aliphatic rings. The summed E-state index contributed by atoms with van der Waals surface area (Å²) in [5.74, 6) is -0.950. The van der Waals surface area contributed by atoms with E-state index in [1.165, 1.54) is 23.5 Å². The minimum atomic E-state index is -0.552. The van der Waals surface area contributed by atoms with Gasteiger partial charge in [-0.15, -0.1) is 11.3 Å². The predicted octanol–water partition coefficient (Wildman–Crippen LogP) is 4.53. The van der Waals surface area contributed by atoms with Gasteiger partial charge in [0.1, 0.15) is 5.82 Å². The van der Waals surface area contributed by atoms with E-state index in [1.807, 2.05) is 0 Å². The molecule has 1 nitrogen and oxygen atoms in total. The van der Waals surface area contributed by atoms with Crippen LogP contribution in [0.1, 0.15) is 15.2 Å². The highest BCUT2D eigenvalue weighted by Gasteiger charge is 2.20. The highest BCUT2D eigenvalue weighted by Crippen LogP contribution is 2.29. The summed E-state index contributed by atoms with van der Waals surface area (Å²) >= 11 is 10.2. The minimum absolute atomic E-state index is 0.0202. The number of thiophene rings is 1. The lowest BCUT2D eigenvalue weighted by Crippen LogP contribution is -2.03. The van der Waals surface area contributed by atoms with Crippen molar-refractivity contribution in [1.29, 1.82) is 0 Å². The van der Waals surface area contributed by atoms with Gasteiger partial charge in [-0.1, -0.05) is 17.7 Å². The second kappa shape index (κ2) is 4.65. The van der Waals surface area contributed by atoms with Gasteiger partial charge in [-0.2, -0.15) is 0 Å². The molecule has 0 radical (unpaired) electrons. The second-order valence-electron chi connectivity index (χ2n) is 3.02. The van der Waals surface area contributed by atoms with Gasteiger partial charge in [-0.05, 0) is 39.5 Å². The molecule has 0 bridgehead atoms. The van der Waals surface area contributed by atoms with E-state index in [0.29, 0.717) is 14.4 Å². The Morgan fingerprint density at radius 1 is 1.38 bits per heavy atom. The summed E-state index contributed by atoms with van der Waals surface area (Å²) in [6.07, 6.45) is 0. The molecular weight excluding hydrogens is 315 g/mol. The molecule has 0 atom stereocenters. The van der Waals surface area contributed by atoms with Gasteiger partial charge in [-0.3, -0.25) is 4.79 Å². The van der Waals surface area contributed by atoms with Crippen LogP contribution in [0, 0.1) is 5.82 Å². The molecule has 0 saturated heterocycles. The van der Waals surface area contributed by atoms with E-state index in [1.54, 1.807) is 17.5 Å². The first-order chi connectivity index (χ1) is 7.61. The molecule has 0 aliphatic carbocycles. The summed E-state index contributed by atoms with van der Waals surface area (Å²) in [6, 6.07) is 6.03. The average Bonchev–Trinajstić information content (AvgIpc) is 2.64. The third kappa shape index (κ3) is 2.05. The van der Waals surface area contributed by atoms with Crippen LogP contribution in [-0.4, -0.2) is 5.78 Å². The van der Waals surface area contributed by atoms with Crippen molar-refractivity contribution in [3.05, 3.63) is 55.4 Å². The summed E-state index contributed by atoms with van der Waals surface area (Å²) in [7, 11) is 0. The molecule has 0 aliphatic heterocycles. The highest BCUT2D eigenvalue weighted by molar-refractivity contribution is 9.10. The molecule has 16 heavy (non-hydrogen) atoms. The molecule has 0 saturated carbocycles. The van der Waals surface area contributed by atoms with E-state index < -0.39 is 11.6 Å². The van der Waals surface area contributed by atoms with Crippen molar-refractivity contribution >= 4 is 44.7 Å². The van der Waals surface area contributed by atoms with Crippen molar-refractivity contribution in [2.75, 3.05) is 0 Å². The topological polar surface area (TPSA) is 17.1 Å². The fraction of sp³-hybridized carbons (Fsp3) is 0. The van der Waals surface area contributed by atoms with E-state index in [2.05, 4.69) is 15.9 Å². The SMILES string of the molecule is O=C(c1sccc1Cl)c1c(F)cccc1Br. The van der Waals surface area contributed by atoms with Gasteiger partial charge in [0.25, 0.3) is 0 Å². The molecule has 0 spiro atoms. The summed E-state index contributed by atoms with van der Waals surface area (Å²) in [4.78, 5) is 12.4. The number of hydrogen-bond donors (Lipinski definition) is 0. The van der Waals surface area contributed by atoms with Crippen LogP contribution in [0.2, 0.25) is 5.02 Å². The Kier molecular flexibility index (Phi) is 3.42. The van der Waals surface area contributed by atoms with Gasteiger partial charge in [0.2, 0.25) is 5.78 Å². The number of carbonyl (C=O) groups is 1. The number of benzene rings is 1. The lowest BCUT2D eigenvalue weighted by molar-refractivity contribution is 0.103. The van der Waals surface area contributed by atoms with Crippen LogP contribution in [0.3, 0.4) is 0 Å². The first-order valence-corrected chi connectivity index (χ1v) is 6.38. The Labute approximate surface area is 109 Å². The van der Waals surface area contributed by atoms with Crippen molar-refractivity contribution in [3.63, 3.8) is 0 Å². The lowest BCUT2D eigenvalue weighted by atomic mass is 10.1. The standard InChI is InChI=1S/C11H5BrClFOS/c12-6-2-1-3-8(14)9(6)10(15)11-7(13)4-5-16-11/h1-5H. The highest BCUT2D eigenvalue weighted by atomic mass is 79.9. The average molecular weight is 320 g/mol. The molecular formula is C11H5BrClFOS. The normalized spacial score (nSPS) is 10.4. The zero-order valence-electron chi connectivity index (χ0n) is 7.84. The fourth-order valence-corrected chi connectivity index (χ4v) is 2.89. The maximum Gasteiger partial charge on any atom is 0.208 e. The molecule has 1 heterocycles. The third-order valence-electron chi connectivity index (χ3n) is 2.01. The predicted molar refractivity (Wildman–Crippen MR) is 66.9 cm³/mol. The summed E-state index contributed by atoms with van der Waals surface area (Å²) in [6.45, 7) is 0. The number of rotatable bonds is 2. The number of carbonyl (C=O) groups excluding carboxylic acids is 1. The molecule has 2 rings (SSSR count). The Morgan fingerprint density at radius 3 is 2.69 bits per heavy atom. The smallest absolute Gasteiger partial charge is 0.208 e. The number of halogens is 3. The van der Waals surface area contributed by atoms with Gasteiger partial charge in [0, 0.05) is 4.47 Å². The van der Waals surface area contributed by atoms with E-state index in [0.717, 1.165) is 0 Å². The minimum Gasteiger partial charge on any atom is -0.287 e. The third-order valence-corrected chi connectivity index (χ3v) is 4.01. The summed E-state index contributed by atoms with van der Waals surface area (Å²) in [5, 5.41) is 2.05. The Bertz CT molecular complexity index is 532. The first kappa shape index (κ1) is 11.8. The van der Waals surface area contributed by atoms with Crippen molar-refractivity contribution in [1.82, 2.24) is 0 Å². The van der Waals surface area contributed by atoms with Crippen LogP contribution in [-0.2, 0) is 0 Å². The van der Waals surface area contributed by atoms with E-state index in [-0.39, 0.29) is 5.56 Å². The Morgan fingerprint density at radius 2 is 2.12 bits per heavy atom. The van der Waals surface area contributed by atoms with Gasteiger partial charge in [0.05, 0.1) is 15.5 Å². The second-order valence-corrected chi connectivity index (χ2v) is 5.20. The lowest BCUT2D eigenvalue weighted by Gasteiger charge is -2.03. The molecule has 5 heteroatoms. The van der Waals surface area contributed by atoms with E-state index in [9.17, 15) is 9.18 Å². The van der Waals surface area contributed by atoms with E-state index >= 15 is 0 Å². The molecule has 0 unspecified atom stereocenters. The van der Waals surface area contributed by atoms with Crippen LogP contribution in [0.5, 0.6) is 0 Å². The molecule has 1 aromatic heterocycles. The van der Waals surface area contributed by atoms with Gasteiger partial charge in [-0.25, -0.2) is 4.39 Å². The molecule has 1 aromatic carbocycles. The van der Waals surface area contributed by atoms with Crippen molar-refractivity contribution in [2.24, 2.45) is 0 Å². The first-order valence-electron chi connectivity index (χ1n) is 4.33. The Balaban J connectivity index is 2.54. The zero-order valence-corrected chi connectivity index (χ0v) is 11.0. The Hall–Kier alpha value is -0.710. The van der Waals surface area contributed by atoms with Gasteiger partial charge in [0.15, 0.2) is 0 Å². The van der Waals surface area contributed by atoms with Crippen LogP contribution >= 0.6 is 38.9 Å². The van der Waals surface area contributed by atoms with Crippen LogP contribution in [0.15, 0.2) is 34.1 Å². The van der Waals surface area contributed by atoms with Crippen molar-refractivity contribution in [2.45, 2.75) is 0 Å². The molecule has 0 fully saturated rings. The van der Waals surface area contributed by atoms with Crippen LogP contribution in [0.4, 0.5) is 4.39 Å². The molecule has 0 amide bonds. The number of ketones is 1. The van der Waals surface area contributed by atoms with E-state index in [4.69, 9.17) is 11.6 Å². The number of hydrogen-bond acceptors (Lipinski definition) is 2. The van der Waals surface area contributed by atoms with Crippen molar-refractivity contribution < 1.29 is 9.18 Å². The largest absolute Gasteiger partial charge is 0.287 e. The molecule has 82 valence electrons. The van der Waals surface area contributed by atoms with Crippen LogP contribution < -0.4 is 0 Å². The zero-order chi connectivity index (χ0) is 11.7. The van der Waals surface area contributed by atoms with Gasteiger partial charge < -0.3 is 0 Å². The van der Waals surface area contributed by atoms with Crippen molar-refractivity contribution in [3.8, 4) is 0 Å². The maximum absolute atomic E-state index is 13.5. The molecule has 2 aromatic rings. The molecule has 0 N–H and O–H groups in total. The summed E-state index contributed by atoms with van der Waals surface area (Å²) in [5.41, 5.74) is 0.0202. The fourth-order valence-electron chi connectivity index (χ4n) is 1.28. The maximum atomic E-state index is 13.5. The monoisotopic (exact) mass is 318 g/mol.